The molecule has 2 bridgehead atoms. The van der Waals surface area contributed by atoms with Gasteiger partial charge in [-0.15, -0.1) is 0 Å². The molecule has 2 aromatic rings. The lowest BCUT2D eigenvalue weighted by atomic mass is 9.64. The number of β-amino-alcohol motifs (C(OH)–C–C–N with tert-alkyl or cyclic N) is 1. The number of aliphatic hydroxyl groups is 2. The van der Waals surface area contributed by atoms with E-state index < -0.39 is 17.1 Å². The van der Waals surface area contributed by atoms with Crippen LogP contribution in [-0.2, 0) is 6.42 Å². The van der Waals surface area contributed by atoms with Crippen LogP contribution in [0.1, 0.15) is 98.2 Å². The molecule has 5 aliphatic rings. The number of benzene rings is 2. The average Bonchev–Trinajstić information content (AvgIpc) is 3.28. The van der Waals surface area contributed by atoms with Crippen LogP contribution in [0.15, 0.2) is 59.1 Å². The first-order valence-corrected chi connectivity index (χ1v) is 16.6. The molecule has 2 aliphatic heterocycles. The van der Waals surface area contributed by atoms with E-state index in [4.69, 9.17) is 9.73 Å². The number of rotatable bonds is 5. The summed E-state index contributed by atoms with van der Waals surface area (Å²) in [5, 5.41) is 23.7. The van der Waals surface area contributed by atoms with E-state index in [1.807, 2.05) is 30.3 Å². The Kier molecular flexibility index (Phi) is 8.89. The van der Waals surface area contributed by atoms with E-state index in [9.17, 15) is 15.0 Å². The molecule has 7 nitrogen and oxygen atoms in total. The van der Waals surface area contributed by atoms with Crippen LogP contribution in [0.25, 0.3) is 0 Å². The van der Waals surface area contributed by atoms with Crippen LogP contribution in [0, 0.1) is 5.41 Å². The number of carbonyl (C=O) groups is 1. The van der Waals surface area contributed by atoms with Gasteiger partial charge in [0.2, 0.25) is 0 Å². The molecule has 0 spiro atoms. The number of allylic oxidation sites excluding steroid dienone is 2. The van der Waals surface area contributed by atoms with Crippen LogP contribution in [0.3, 0.4) is 0 Å². The topological polar surface area (TPSA) is 85.6 Å². The first kappa shape index (κ1) is 30.8. The van der Waals surface area contributed by atoms with Crippen molar-refractivity contribution in [3.05, 3.63) is 76.4 Å². The molecule has 1 saturated heterocycles. The number of aliphatic hydroxyl groups excluding tert-OH is 1. The maximum atomic E-state index is 14.2. The molecule has 1 saturated carbocycles. The molecular formula is C37H49N3O4. The van der Waals surface area contributed by atoms with Crippen LogP contribution < -0.4 is 4.74 Å². The van der Waals surface area contributed by atoms with Crippen molar-refractivity contribution in [3.8, 4) is 5.75 Å². The summed E-state index contributed by atoms with van der Waals surface area (Å²) in [6.07, 6.45) is 9.19. The van der Waals surface area contributed by atoms with Gasteiger partial charge in [-0.2, -0.15) is 0 Å². The molecule has 0 unspecified atom stereocenters. The quantitative estimate of drug-likeness (QED) is 0.337. The van der Waals surface area contributed by atoms with Gasteiger partial charge in [0, 0.05) is 42.7 Å². The number of carbonyl (C=O) groups excluding carboxylic acids is 1. The monoisotopic (exact) mass is 599 g/mol. The minimum atomic E-state index is -0.936. The maximum absolute atomic E-state index is 14.2. The second kappa shape index (κ2) is 12.7. The Morgan fingerprint density at radius 1 is 1.07 bits per heavy atom. The van der Waals surface area contributed by atoms with E-state index in [1.165, 1.54) is 5.57 Å². The molecule has 0 amide bonds. The Morgan fingerprint density at radius 2 is 1.86 bits per heavy atom. The first-order chi connectivity index (χ1) is 21.2. The number of guanidine groups is 1. The van der Waals surface area contributed by atoms with Gasteiger partial charge in [-0.25, -0.2) is 0 Å². The Morgan fingerprint density at radius 3 is 2.66 bits per heavy atom. The summed E-state index contributed by atoms with van der Waals surface area (Å²) in [5.74, 6) is 1.75. The van der Waals surface area contributed by atoms with Gasteiger partial charge in [-0.1, -0.05) is 30.7 Å². The van der Waals surface area contributed by atoms with Crippen molar-refractivity contribution in [3.63, 3.8) is 0 Å². The maximum Gasteiger partial charge on any atom is 0.196 e. The van der Waals surface area contributed by atoms with Gasteiger partial charge in [-0.3, -0.25) is 9.79 Å². The van der Waals surface area contributed by atoms with E-state index >= 15 is 0 Å². The molecule has 4 atom stereocenters. The molecule has 2 aromatic carbocycles. The van der Waals surface area contributed by atoms with Gasteiger partial charge in [0.15, 0.2) is 11.7 Å². The number of nitrogens with zero attached hydrogens (tertiary/aromatic N) is 3. The minimum Gasteiger partial charge on any atom is -0.497 e. The highest BCUT2D eigenvalue weighted by Gasteiger charge is 2.57. The lowest BCUT2D eigenvalue weighted by Crippen LogP contribution is -2.59. The third-order valence-electron chi connectivity index (χ3n) is 11.0. The number of ether oxygens (including phenoxy) is 1. The standard InChI is InChI=1S/C37H49N3O4/c1-26-7-4-17-36(2)33(16-18-37(36,43)25-40-22-6-21-39-20-5-19-38-35(39)40)31-15-9-27(23-29(41)12-8-26)24-32(31)34(42)28-10-13-30(44-3)14-11-28/h7,9-11,13-15,24,29,33,41,43H,4-6,8,12,16-23,25H2,1-3H3/t29-,33-,36-,37+/m0/s1. The molecule has 3 aliphatic carbocycles. The number of aliphatic imine (C=N–C) groups is 1. The van der Waals surface area contributed by atoms with E-state index in [-0.39, 0.29) is 11.7 Å². The molecular weight excluding hydrogens is 550 g/mol. The van der Waals surface area contributed by atoms with Crippen molar-refractivity contribution in [2.45, 2.75) is 89.3 Å². The molecule has 2 fully saturated rings. The van der Waals surface area contributed by atoms with Gasteiger partial charge < -0.3 is 24.7 Å². The number of hydrogen-bond donors (Lipinski definition) is 2. The van der Waals surface area contributed by atoms with Crippen molar-refractivity contribution < 1.29 is 19.7 Å². The van der Waals surface area contributed by atoms with Crippen LogP contribution in [0.2, 0.25) is 0 Å². The molecule has 0 aromatic heterocycles. The van der Waals surface area contributed by atoms with Crippen molar-refractivity contribution in [2.75, 3.05) is 39.8 Å². The summed E-state index contributed by atoms with van der Waals surface area (Å²) >= 11 is 0. The minimum absolute atomic E-state index is 0.00880. The van der Waals surface area contributed by atoms with E-state index in [2.05, 4.69) is 41.9 Å². The normalized spacial score (nSPS) is 29.3. The van der Waals surface area contributed by atoms with Crippen LogP contribution in [0.5, 0.6) is 5.75 Å². The Bertz CT molecular complexity index is 1420. The summed E-state index contributed by atoms with van der Waals surface area (Å²) in [6, 6.07) is 13.5. The SMILES string of the molecule is COc1ccc(C(=O)c2cc3ccc2[C@@H]2CC[C@@](O)(CN4CCCN5CCCN=C54)[C@@]2(C)CCC=C(C)CC[C@H](O)C3)cc1. The molecule has 44 heavy (non-hydrogen) atoms. The predicted molar refractivity (Wildman–Crippen MR) is 175 cm³/mol. The van der Waals surface area contributed by atoms with Crippen LogP contribution in [0.4, 0.5) is 0 Å². The van der Waals surface area contributed by atoms with Crippen molar-refractivity contribution in [1.29, 1.82) is 0 Å². The highest BCUT2D eigenvalue weighted by molar-refractivity contribution is 6.10. The average molecular weight is 600 g/mol. The molecule has 236 valence electrons. The zero-order chi connectivity index (χ0) is 30.9. The Hall–Kier alpha value is -3.16. The highest BCUT2D eigenvalue weighted by Crippen LogP contribution is 2.59. The smallest absolute Gasteiger partial charge is 0.196 e. The third kappa shape index (κ3) is 5.93. The largest absolute Gasteiger partial charge is 0.497 e. The number of hydrogen-bond acceptors (Lipinski definition) is 7. The van der Waals surface area contributed by atoms with E-state index in [0.29, 0.717) is 42.7 Å². The Balaban J connectivity index is 1.41. The van der Waals surface area contributed by atoms with Gasteiger partial charge in [0.1, 0.15) is 5.75 Å². The molecule has 2 heterocycles. The van der Waals surface area contributed by atoms with Crippen LogP contribution >= 0.6 is 0 Å². The van der Waals surface area contributed by atoms with Crippen molar-refractivity contribution in [2.24, 2.45) is 10.4 Å². The van der Waals surface area contributed by atoms with Crippen molar-refractivity contribution in [1.82, 2.24) is 9.80 Å². The fourth-order valence-corrected chi connectivity index (χ4v) is 8.26. The highest BCUT2D eigenvalue weighted by atomic mass is 16.5. The van der Waals surface area contributed by atoms with E-state index in [0.717, 1.165) is 81.8 Å². The molecule has 2 N–H and O–H groups in total. The second-order valence-electron chi connectivity index (χ2n) is 13.8. The first-order valence-electron chi connectivity index (χ1n) is 16.6. The predicted octanol–water partition coefficient (Wildman–Crippen LogP) is 5.73. The second-order valence-corrected chi connectivity index (χ2v) is 13.8. The Labute approximate surface area is 262 Å². The van der Waals surface area contributed by atoms with Gasteiger partial charge in [0.05, 0.1) is 25.4 Å². The molecule has 7 rings (SSSR count). The van der Waals surface area contributed by atoms with Crippen LogP contribution in [-0.4, -0.2) is 83.3 Å². The summed E-state index contributed by atoms with van der Waals surface area (Å²) in [5.41, 5.74) is 3.17. The number of methoxy groups -OCH3 is 1. The molecule has 7 heteroatoms. The van der Waals surface area contributed by atoms with Crippen molar-refractivity contribution >= 4 is 11.7 Å². The fourth-order valence-electron chi connectivity index (χ4n) is 8.26. The lowest BCUT2D eigenvalue weighted by molar-refractivity contribution is -0.0772. The van der Waals surface area contributed by atoms with Gasteiger partial charge >= 0.3 is 0 Å². The zero-order valence-electron chi connectivity index (χ0n) is 26.7. The fraction of sp³-hybridized carbons (Fsp3) is 0.568. The summed E-state index contributed by atoms with van der Waals surface area (Å²) < 4.78 is 5.34. The van der Waals surface area contributed by atoms with Gasteiger partial charge in [0.25, 0.3) is 0 Å². The van der Waals surface area contributed by atoms with E-state index in [1.54, 1.807) is 7.11 Å². The third-order valence-corrected chi connectivity index (χ3v) is 11.0. The number of fused-ring (bicyclic) bond motifs is 9. The molecule has 0 radical (unpaired) electrons. The lowest BCUT2D eigenvalue weighted by Gasteiger charge is -2.49. The van der Waals surface area contributed by atoms with Gasteiger partial charge in [-0.05, 0) is 112 Å². The number of ketones is 1. The summed E-state index contributed by atoms with van der Waals surface area (Å²) in [7, 11) is 1.62. The summed E-state index contributed by atoms with van der Waals surface area (Å²) in [4.78, 5) is 23.9. The zero-order valence-corrected chi connectivity index (χ0v) is 26.7. The summed E-state index contributed by atoms with van der Waals surface area (Å²) in [6.45, 7) is 8.82.